The topological polar surface area (TPSA) is 78.4 Å². The fraction of sp³-hybridized carbons (Fsp3) is 0.615. The van der Waals surface area contributed by atoms with Crippen LogP contribution in [0.1, 0.15) is 25.8 Å². The Hall–Kier alpha value is -1.85. The molecule has 2 heterocycles. The predicted octanol–water partition coefficient (Wildman–Crippen LogP) is 1.84. The number of aromatic nitrogens is 2. The van der Waals surface area contributed by atoms with Gasteiger partial charge in [-0.25, -0.2) is 14.8 Å². The Morgan fingerprint density at radius 1 is 1.53 bits per heavy atom. The summed E-state index contributed by atoms with van der Waals surface area (Å²) in [7, 11) is 0. The molecule has 104 valence electrons. The molecule has 1 aromatic rings. The Balaban J connectivity index is 1.88. The van der Waals surface area contributed by atoms with Gasteiger partial charge in [0.05, 0.1) is 0 Å². The first-order chi connectivity index (χ1) is 9.04. The lowest BCUT2D eigenvalue weighted by Gasteiger charge is -2.14. The molecule has 6 heteroatoms. The van der Waals surface area contributed by atoms with Crippen LogP contribution < -0.4 is 5.32 Å². The number of hydrogen-bond acceptors (Lipinski definition) is 4. The van der Waals surface area contributed by atoms with E-state index in [1.165, 1.54) is 4.90 Å². The number of hydrogen-bond donors (Lipinski definition) is 2. The monoisotopic (exact) mass is 264 g/mol. The van der Waals surface area contributed by atoms with E-state index < -0.39 is 6.09 Å². The van der Waals surface area contributed by atoms with E-state index >= 15 is 0 Å². The average Bonchev–Trinajstić information content (AvgIpc) is 2.80. The number of rotatable bonds is 4. The molecule has 1 amide bonds. The van der Waals surface area contributed by atoms with Crippen LogP contribution in [0, 0.1) is 5.92 Å². The fourth-order valence-corrected chi connectivity index (χ4v) is 2.24. The summed E-state index contributed by atoms with van der Waals surface area (Å²) in [5.74, 6) is 1.16. The highest BCUT2D eigenvalue weighted by Gasteiger charge is 2.26. The molecule has 1 fully saturated rings. The van der Waals surface area contributed by atoms with E-state index in [2.05, 4.69) is 29.1 Å². The molecule has 0 radical (unpaired) electrons. The second-order valence-electron chi connectivity index (χ2n) is 5.37. The van der Waals surface area contributed by atoms with Gasteiger partial charge in [0.1, 0.15) is 0 Å². The first-order valence-electron chi connectivity index (χ1n) is 6.60. The van der Waals surface area contributed by atoms with Gasteiger partial charge in [0.15, 0.2) is 0 Å². The predicted molar refractivity (Wildman–Crippen MR) is 72.2 cm³/mol. The van der Waals surface area contributed by atoms with Crippen molar-refractivity contribution in [3.05, 3.63) is 18.0 Å². The molecule has 1 aliphatic heterocycles. The Morgan fingerprint density at radius 3 is 2.74 bits per heavy atom. The third-order valence-electron chi connectivity index (χ3n) is 3.14. The first-order valence-corrected chi connectivity index (χ1v) is 6.60. The van der Waals surface area contributed by atoms with Gasteiger partial charge in [-0.15, -0.1) is 0 Å². The summed E-state index contributed by atoms with van der Waals surface area (Å²) < 4.78 is 0. The molecule has 1 aliphatic rings. The molecule has 0 saturated carbocycles. The molecule has 1 aromatic heterocycles. The Bertz CT molecular complexity index is 433. The van der Waals surface area contributed by atoms with Crippen LogP contribution in [0.2, 0.25) is 0 Å². The Kier molecular flexibility index (Phi) is 4.19. The zero-order chi connectivity index (χ0) is 13.8. The van der Waals surface area contributed by atoms with E-state index in [9.17, 15) is 4.79 Å². The molecule has 2 rings (SSSR count). The van der Waals surface area contributed by atoms with Crippen molar-refractivity contribution in [3.63, 3.8) is 0 Å². The van der Waals surface area contributed by atoms with E-state index in [4.69, 9.17) is 5.11 Å². The van der Waals surface area contributed by atoms with Crippen LogP contribution in [-0.4, -0.2) is 45.2 Å². The maximum atomic E-state index is 10.8. The second-order valence-corrected chi connectivity index (χ2v) is 5.37. The number of nitrogens with one attached hydrogen (secondary N) is 1. The maximum absolute atomic E-state index is 10.8. The lowest BCUT2D eigenvalue weighted by atomic mass is 10.1. The molecular formula is C13H20N4O2. The van der Waals surface area contributed by atoms with Crippen molar-refractivity contribution in [3.8, 4) is 0 Å². The molecule has 1 saturated heterocycles. The third-order valence-corrected chi connectivity index (χ3v) is 3.14. The highest BCUT2D eigenvalue weighted by atomic mass is 16.4. The molecule has 2 N–H and O–H groups in total. The number of likely N-dealkylation sites (tertiary alicyclic amines) is 1. The SMILES string of the molecule is CC(C)Cc1cnc(NC2CCN(C(=O)O)C2)nc1. The van der Waals surface area contributed by atoms with Gasteiger partial charge in [-0.2, -0.15) is 0 Å². The first kappa shape index (κ1) is 13.6. The minimum atomic E-state index is -0.863. The van der Waals surface area contributed by atoms with Gasteiger partial charge >= 0.3 is 6.09 Å². The van der Waals surface area contributed by atoms with Crippen molar-refractivity contribution in [2.75, 3.05) is 18.4 Å². The third kappa shape index (κ3) is 3.81. The Morgan fingerprint density at radius 2 is 2.21 bits per heavy atom. The standard InChI is InChI=1S/C13H20N4O2/c1-9(2)5-10-6-14-12(15-7-10)16-11-3-4-17(8-11)13(18)19/h6-7,9,11H,3-5,8H2,1-2H3,(H,18,19)(H,14,15,16). The van der Waals surface area contributed by atoms with Gasteiger partial charge < -0.3 is 15.3 Å². The second kappa shape index (κ2) is 5.86. The maximum Gasteiger partial charge on any atom is 0.407 e. The molecule has 1 unspecified atom stereocenters. The molecular weight excluding hydrogens is 244 g/mol. The molecule has 0 aromatic carbocycles. The van der Waals surface area contributed by atoms with Gasteiger partial charge in [0.25, 0.3) is 0 Å². The molecule has 6 nitrogen and oxygen atoms in total. The van der Waals surface area contributed by atoms with Crippen LogP contribution in [0.15, 0.2) is 12.4 Å². The van der Waals surface area contributed by atoms with E-state index in [0.717, 1.165) is 18.4 Å². The van der Waals surface area contributed by atoms with Crippen LogP contribution in [0.5, 0.6) is 0 Å². The van der Waals surface area contributed by atoms with Crippen LogP contribution in [0.3, 0.4) is 0 Å². The fourth-order valence-electron chi connectivity index (χ4n) is 2.24. The van der Waals surface area contributed by atoms with E-state index in [-0.39, 0.29) is 6.04 Å². The molecule has 1 atom stereocenters. The van der Waals surface area contributed by atoms with Crippen molar-refractivity contribution in [1.29, 1.82) is 0 Å². The highest BCUT2D eigenvalue weighted by molar-refractivity contribution is 5.65. The largest absolute Gasteiger partial charge is 0.465 e. The Labute approximate surface area is 112 Å². The molecule has 0 aliphatic carbocycles. The summed E-state index contributed by atoms with van der Waals surface area (Å²) in [5, 5.41) is 12.1. The van der Waals surface area contributed by atoms with Crippen LogP contribution in [0.4, 0.5) is 10.7 Å². The summed E-state index contributed by atoms with van der Waals surface area (Å²) in [4.78, 5) is 20.8. The number of nitrogens with zero attached hydrogens (tertiary/aromatic N) is 3. The number of carbonyl (C=O) groups is 1. The van der Waals surface area contributed by atoms with Gasteiger partial charge in [-0.1, -0.05) is 13.8 Å². The summed E-state index contributed by atoms with van der Waals surface area (Å²) in [5.41, 5.74) is 1.12. The van der Waals surface area contributed by atoms with Gasteiger partial charge in [0, 0.05) is 31.5 Å². The number of anilines is 1. The molecule has 19 heavy (non-hydrogen) atoms. The molecule has 0 spiro atoms. The van der Waals surface area contributed by atoms with Crippen molar-refractivity contribution >= 4 is 12.0 Å². The lowest BCUT2D eigenvalue weighted by molar-refractivity contribution is 0.155. The van der Waals surface area contributed by atoms with Crippen LogP contribution >= 0.6 is 0 Å². The summed E-state index contributed by atoms with van der Waals surface area (Å²) in [6.07, 6.45) is 4.57. The van der Waals surface area contributed by atoms with Crippen LogP contribution in [0.25, 0.3) is 0 Å². The lowest BCUT2D eigenvalue weighted by Crippen LogP contribution is -2.30. The smallest absolute Gasteiger partial charge is 0.407 e. The number of amides is 1. The van der Waals surface area contributed by atoms with Crippen molar-refractivity contribution in [2.24, 2.45) is 5.92 Å². The average molecular weight is 264 g/mol. The normalized spacial score (nSPS) is 18.9. The zero-order valence-electron chi connectivity index (χ0n) is 11.3. The number of carboxylic acid groups (broad SMARTS) is 1. The van der Waals surface area contributed by atoms with E-state index in [1.54, 1.807) is 0 Å². The minimum absolute atomic E-state index is 0.104. The van der Waals surface area contributed by atoms with Gasteiger partial charge in [-0.05, 0) is 24.3 Å². The van der Waals surface area contributed by atoms with E-state index in [1.807, 2.05) is 12.4 Å². The van der Waals surface area contributed by atoms with Crippen molar-refractivity contribution < 1.29 is 9.90 Å². The van der Waals surface area contributed by atoms with Gasteiger partial charge in [0.2, 0.25) is 5.95 Å². The van der Waals surface area contributed by atoms with Crippen molar-refractivity contribution in [1.82, 2.24) is 14.9 Å². The summed E-state index contributed by atoms with van der Waals surface area (Å²) >= 11 is 0. The summed E-state index contributed by atoms with van der Waals surface area (Å²) in [6.45, 7) is 5.38. The summed E-state index contributed by atoms with van der Waals surface area (Å²) in [6, 6.07) is 0.104. The van der Waals surface area contributed by atoms with Crippen LogP contribution in [-0.2, 0) is 6.42 Å². The van der Waals surface area contributed by atoms with E-state index in [0.29, 0.717) is 25.0 Å². The minimum Gasteiger partial charge on any atom is -0.465 e. The highest BCUT2D eigenvalue weighted by Crippen LogP contribution is 2.13. The van der Waals surface area contributed by atoms with Crippen molar-refractivity contribution in [2.45, 2.75) is 32.7 Å². The van der Waals surface area contributed by atoms with Gasteiger partial charge in [-0.3, -0.25) is 0 Å². The molecule has 0 bridgehead atoms. The zero-order valence-corrected chi connectivity index (χ0v) is 11.3. The quantitative estimate of drug-likeness (QED) is 0.867.